The molecule has 1 amide bonds. The first-order valence-corrected chi connectivity index (χ1v) is 6.13. The maximum absolute atomic E-state index is 11.4. The third-order valence-corrected chi connectivity index (χ3v) is 3.52. The van der Waals surface area contributed by atoms with Gasteiger partial charge in [0.2, 0.25) is 5.91 Å². The number of hydrogen-bond acceptors (Lipinski definition) is 2. The highest BCUT2D eigenvalue weighted by molar-refractivity contribution is 5.92. The number of rotatable bonds is 7. The van der Waals surface area contributed by atoms with E-state index in [1.54, 1.807) is 6.92 Å². The van der Waals surface area contributed by atoms with Gasteiger partial charge in [0.05, 0.1) is 0 Å². The van der Waals surface area contributed by atoms with Gasteiger partial charge in [-0.25, -0.2) is 0 Å². The molecule has 0 radical (unpaired) electrons. The van der Waals surface area contributed by atoms with Crippen LogP contribution in [0, 0.1) is 5.92 Å². The summed E-state index contributed by atoms with van der Waals surface area (Å²) in [4.78, 5) is 11.4. The molecule has 0 aliphatic heterocycles. The van der Waals surface area contributed by atoms with Gasteiger partial charge in [0, 0.05) is 17.7 Å². The topological polar surface area (TPSA) is 55.1 Å². The molecule has 94 valence electrons. The molecule has 0 aromatic rings. The van der Waals surface area contributed by atoms with Crippen LogP contribution < -0.4 is 11.1 Å². The van der Waals surface area contributed by atoms with Crippen LogP contribution in [0.15, 0.2) is 12.2 Å². The van der Waals surface area contributed by atoms with Crippen LogP contribution in [0.3, 0.4) is 0 Å². The van der Waals surface area contributed by atoms with Crippen LogP contribution in [-0.2, 0) is 4.79 Å². The van der Waals surface area contributed by atoms with Gasteiger partial charge in [-0.15, -0.1) is 0 Å². The van der Waals surface area contributed by atoms with E-state index in [1.165, 1.54) is 0 Å². The predicted octanol–water partition coefficient (Wildman–Crippen LogP) is 2.22. The van der Waals surface area contributed by atoms with Crippen LogP contribution in [0.5, 0.6) is 0 Å². The zero-order chi connectivity index (χ0) is 12.8. The lowest BCUT2D eigenvalue weighted by Crippen LogP contribution is -2.50. The number of carbonyl (C=O) groups is 1. The van der Waals surface area contributed by atoms with Gasteiger partial charge in [0.1, 0.15) is 0 Å². The molecule has 3 N–H and O–H groups in total. The van der Waals surface area contributed by atoms with Gasteiger partial charge in [0.15, 0.2) is 0 Å². The molecule has 0 aliphatic rings. The van der Waals surface area contributed by atoms with Crippen molar-refractivity contribution in [3.8, 4) is 0 Å². The zero-order valence-electron chi connectivity index (χ0n) is 11.1. The van der Waals surface area contributed by atoms with Crippen LogP contribution in [0.4, 0.5) is 0 Å². The number of amides is 1. The minimum atomic E-state index is -0.170. The molecule has 0 aliphatic carbocycles. The highest BCUT2D eigenvalue weighted by atomic mass is 16.1. The Labute approximate surface area is 99.5 Å². The Morgan fingerprint density at radius 2 is 1.88 bits per heavy atom. The maximum atomic E-state index is 11.4. The quantitative estimate of drug-likeness (QED) is 0.654. The first-order chi connectivity index (χ1) is 7.41. The van der Waals surface area contributed by atoms with Crippen molar-refractivity contribution >= 4 is 5.91 Å². The molecule has 1 unspecified atom stereocenters. The molecule has 0 saturated carbocycles. The van der Waals surface area contributed by atoms with E-state index in [2.05, 4.69) is 32.7 Å². The fraction of sp³-hybridized carbons (Fsp3) is 0.769. The Bertz CT molecular complexity index is 244. The fourth-order valence-electron chi connectivity index (χ4n) is 1.95. The average Bonchev–Trinajstić information content (AvgIpc) is 2.28. The SMILES string of the molecule is C=C(C)C(=O)NCC(CC)C(N)(CC)CC. The maximum Gasteiger partial charge on any atom is 0.246 e. The molecule has 0 saturated heterocycles. The van der Waals surface area contributed by atoms with Crippen LogP contribution in [0.25, 0.3) is 0 Å². The summed E-state index contributed by atoms with van der Waals surface area (Å²) >= 11 is 0. The van der Waals surface area contributed by atoms with Crippen molar-refractivity contribution in [3.63, 3.8) is 0 Å². The van der Waals surface area contributed by atoms with Gasteiger partial charge in [-0.05, 0) is 32.1 Å². The van der Waals surface area contributed by atoms with E-state index in [0.29, 0.717) is 18.0 Å². The van der Waals surface area contributed by atoms with Gasteiger partial charge in [-0.1, -0.05) is 27.4 Å². The lowest BCUT2D eigenvalue weighted by atomic mass is 9.78. The van der Waals surface area contributed by atoms with E-state index in [0.717, 1.165) is 19.3 Å². The number of carbonyl (C=O) groups excluding carboxylic acids is 1. The Kier molecular flexibility index (Phi) is 6.34. The molecule has 0 aromatic carbocycles. The summed E-state index contributed by atoms with van der Waals surface area (Å²) in [5, 5.41) is 2.89. The second-order valence-corrected chi connectivity index (χ2v) is 4.54. The first-order valence-electron chi connectivity index (χ1n) is 6.13. The summed E-state index contributed by atoms with van der Waals surface area (Å²) in [6.07, 6.45) is 2.85. The molecule has 0 bridgehead atoms. The molecule has 3 heteroatoms. The van der Waals surface area contributed by atoms with Gasteiger partial charge in [-0.3, -0.25) is 4.79 Å². The molecule has 0 rings (SSSR count). The van der Waals surface area contributed by atoms with Crippen molar-refractivity contribution in [1.82, 2.24) is 5.32 Å². The largest absolute Gasteiger partial charge is 0.352 e. The monoisotopic (exact) mass is 226 g/mol. The van der Waals surface area contributed by atoms with Crippen molar-refractivity contribution < 1.29 is 4.79 Å². The van der Waals surface area contributed by atoms with E-state index < -0.39 is 0 Å². The van der Waals surface area contributed by atoms with Crippen molar-refractivity contribution in [2.45, 2.75) is 52.5 Å². The zero-order valence-corrected chi connectivity index (χ0v) is 11.1. The fourth-order valence-corrected chi connectivity index (χ4v) is 1.95. The van der Waals surface area contributed by atoms with Crippen molar-refractivity contribution in [2.24, 2.45) is 11.7 Å². The molecule has 0 heterocycles. The third-order valence-electron chi connectivity index (χ3n) is 3.52. The average molecular weight is 226 g/mol. The van der Waals surface area contributed by atoms with E-state index >= 15 is 0 Å². The molecule has 0 spiro atoms. The van der Waals surface area contributed by atoms with Crippen LogP contribution in [-0.4, -0.2) is 18.0 Å². The van der Waals surface area contributed by atoms with E-state index in [4.69, 9.17) is 5.73 Å². The van der Waals surface area contributed by atoms with Gasteiger partial charge >= 0.3 is 0 Å². The van der Waals surface area contributed by atoms with E-state index in [1.807, 2.05) is 0 Å². The molecule has 0 aromatic heterocycles. The Hall–Kier alpha value is -0.830. The second-order valence-electron chi connectivity index (χ2n) is 4.54. The van der Waals surface area contributed by atoms with Crippen LogP contribution in [0.1, 0.15) is 47.0 Å². The molecular weight excluding hydrogens is 200 g/mol. The second kappa shape index (κ2) is 6.69. The lowest BCUT2D eigenvalue weighted by molar-refractivity contribution is -0.117. The summed E-state index contributed by atoms with van der Waals surface area (Å²) in [6, 6.07) is 0. The molecule has 0 fully saturated rings. The highest BCUT2D eigenvalue weighted by Crippen LogP contribution is 2.24. The number of hydrogen-bond donors (Lipinski definition) is 2. The first kappa shape index (κ1) is 15.2. The normalized spacial score (nSPS) is 13.3. The molecule has 16 heavy (non-hydrogen) atoms. The Balaban J connectivity index is 4.41. The van der Waals surface area contributed by atoms with Crippen molar-refractivity contribution in [2.75, 3.05) is 6.54 Å². The van der Waals surface area contributed by atoms with Gasteiger partial charge in [-0.2, -0.15) is 0 Å². The molecule has 1 atom stereocenters. The van der Waals surface area contributed by atoms with Crippen molar-refractivity contribution in [1.29, 1.82) is 0 Å². The third kappa shape index (κ3) is 3.97. The summed E-state index contributed by atoms with van der Waals surface area (Å²) in [7, 11) is 0. The van der Waals surface area contributed by atoms with Crippen LogP contribution in [0.2, 0.25) is 0 Å². The summed E-state index contributed by atoms with van der Waals surface area (Å²) in [5.74, 6) is 0.249. The Morgan fingerprint density at radius 1 is 1.38 bits per heavy atom. The van der Waals surface area contributed by atoms with Gasteiger partial charge < -0.3 is 11.1 Å². The van der Waals surface area contributed by atoms with E-state index in [-0.39, 0.29) is 11.4 Å². The summed E-state index contributed by atoms with van der Waals surface area (Å²) in [6.45, 7) is 12.3. The smallest absolute Gasteiger partial charge is 0.246 e. The minimum Gasteiger partial charge on any atom is -0.352 e. The predicted molar refractivity (Wildman–Crippen MR) is 69.1 cm³/mol. The summed E-state index contributed by atoms with van der Waals surface area (Å²) < 4.78 is 0. The standard InChI is InChI=1S/C13H26N2O/c1-6-11(13(14,7-2)8-3)9-15-12(16)10(4)5/h11H,4,6-9,14H2,1-3,5H3,(H,15,16). The number of nitrogens with two attached hydrogens (primary N) is 1. The highest BCUT2D eigenvalue weighted by Gasteiger charge is 2.30. The van der Waals surface area contributed by atoms with Gasteiger partial charge in [0.25, 0.3) is 0 Å². The Morgan fingerprint density at radius 3 is 2.19 bits per heavy atom. The summed E-state index contributed by atoms with van der Waals surface area (Å²) in [5.41, 5.74) is 6.72. The number of nitrogens with one attached hydrogen (secondary N) is 1. The molecule has 3 nitrogen and oxygen atoms in total. The molecular formula is C13H26N2O. The van der Waals surface area contributed by atoms with E-state index in [9.17, 15) is 4.79 Å². The minimum absolute atomic E-state index is 0.0759. The van der Waals surface area contributed by atoms with Crippen molar-refractivity contribution in [3.05, 3.63) is 12.2 Å². The lowest BCUT2D eigenvalue weighted by Gasteiger charge is -2.35. The van der Waals surface area contributed by atoms with Crippen LogP contribution >= 0.6 is 0 Å².